The highest BCUT2D eigenvalue weighted by Gasteiger charge is 2.15. The fourth-order valence-electron chi connectivity index (χ4n) is 1.70. The molecule has 0 radical (unpaired) electrons. The molecule has 0 saturated heterocycles. The third-order valence-corrected chi connectivity index (χ3v) is 6.32. The van der Waals surface area contributed by atoms with E-state index in [9.17, 15) is 8.42 Å². The minimum atomic E-state index is -3.14. The smallest absolute Gasteiger partial charge is 0.212 e. The molecule has 0 saturated carbocycles. The first-order chi connectivity index (χ1) is 7.11. The number of hydrogen-bond donors (Lipinski definition) is 1. The van der Waals surface area contributed by atoms with Gasteiger partial charge in [0.1, 0.15) is 4.66 Å². The Morgan fingerprint density at radius 1 is 1.47 bits per heavy atom. The summed E-state index contributed by atoms with van der Waals surface area (Å²) in [7, 11) is -3.14. The lowest BCUT2D eigenvalue weighted by atomic mass is 10.2. The van der Waals surface area contributed by atoms with Crippen molar-refractivity contribution in [3.63, 3.8) is 0 Å². The SMILES string of the molecule is O=S(=O)(CBr)NCc1cc2c(s1)CCC2. The molecule has 0 aliphatic heterocycles. The molecular weight excluding hydrogens is 298 g/mol. The highest BCUT2D eigenvalue weighted by atomic mass is 79.9. The Balaban J connectivity index is 2.00. The third-order valence-electron chi connectivity index (χ3n) is 2.41. The third kappa shape index (κ3) is 2.81. The molecule has 15 heavy (non-hydrogen) atoms. The van der Waals surface area contributed by atoms with E-state index < -0.39 is 10.0 Å². The van der Waals surface area contributed by atoms with Gasteiger partial charge in [0.15, 0.2) is 0 Å². The molecule has 0 amide bonds. The Kier molecular flexibility index (Phi) is 3.49. The monoisotopic (exact) mass is 309 g/mol. The molecule has 1 aliphatic rings. The average Bonchev–Trinajstić information content (AvgIpc) is 2.74. The van der Waals surface area contributed by atoms with Crippen LogP contribution < -0.4 is 4.72 Å². The highest BCUT2D eigenvalue weighted by molar-refractivity contribution is 9.10. The molecule has 1 aromatic heterocycles. The van der Waals surface area contributed by atoms with Gasteiger partial charge in [-0.25, -0.2) is 13.1 Å². The summed E-state index contributed by atoms with van der Waals surface area (Å²) in [5, 5.41) is 0. The Bertz CT molecular complexity index is 431. The Morgan fingerprint density at radius 3 is 2.93 bits per heavy atom. The summed E-state index contributed by atoms with van der Waals surface area (Å²) in [5.41, 5.74) is 1.41. The standard InChI is InChI=1S/C9H12BrNO2S2/c10-6-15(12,13)11-5-8-4-7-2-1-3-9(7)14-8/h4,11H,1-3,5-6H2. The van der Waals surface area contributed by atoms with Gasteiger partial charge in [-0.2, -0.15) is 0 Å². The average molecular weight is 310 g/mol. The van der Waals surface area contributed by atoms with Crippen molar-refractivity contribution in [1.82, 2.24) is 4.72 Å². The number of fused-ring (bicyclic) bond motifs is 1. The molecule has 0 aromatic carbocycles. The topological polar surface area (TPSA) is 46.2 Å². The summed E-state index contributed by atoms with van der Waals surface area (Å²) in [4.78, 5) is 2.55. The van der Waals surface area contributed by atoms with Crippen LogP contribution >= 0.6 is 27.3 Å². The zero-order valence-corrected chi connectivity index (χ0v) is 11.3. The fourth-order valence-corrected chi connectivity index (χ4v) is 3.93. The second-order valence-corrected chi connectivity index (χ2v) is 7.89. The second kappa shape index (κ2) is 4.53. The van der Waals surface area contributed by atoms with Crippen molar-refractivity contribution in [2.45, 2.75) is 25.8 Å². The minimum absolute atomic E-state index is 0.0366. The predicted octanol–water partition coefficient (Wildman–Crippen LogP) is 2.01. The van der Waals surface area contributed by atoms with Gasteiger partial charge in [-0.3, -0.25) is 0 Å². The van der Waals surface area contributed by atoms with Gasteiger partial charge < -0.3 is 0 Å². The molecule has 0 atom stereocenters. The maximum Gasteiger partial charge on any atom is 0.221 e. The van der Waals surface area contributed by atoms with Crippen LogP contribution in [0.25, 0.3) is 0 Å². The van der Waals surface area contributed by atoms with Gasteiger partial charge in [-0.05, 0) is 30.9 Å². The number of hydrogen-bond acceptors (Lipinski definition) is 3. The van der Waals surface area contributed by atoms with Gasteiger partial charge in [0, 0.05) is 16.3 Å². The molecule has 0 fully saturated rings. The van der Waals surface area contributed by atoms with Crippen LogP contribution in [-0.2, 0) is 29.4 Å². The van der Waals surface area contributed by atoms with Crippen LogP contribution in [0.2, 0.25) is 0 Å². The van der Waals surface area contributed by atoms with Crippen LogP contribution in [0.5, 0.6) is 0 Å². The van der Waals surface area contributed by atoms with Crippen molar-refractivity contribution >= 4 is 37.3 Å². The Hall–Kier alpha value is 0.0900. The molecule has 1 N–H and O–H groups in total. The summed E-state index contributed by atoms with van der Waals surface area (Å²) < 4.78 is 24.9. The van der Waals surface area contributed by atoms with Crippen LogP contribution in [0, 0.1) is 0 Å². The predicted molar refractivity (Wildman–Crippen MR) is 65.9 cm³/mol. The molecule has 1 aliphatic carbocycles. The molecule has 0 spiro atoms. The molecule has 84 valence electrons. The number of rotatable bonds is 4. The Morgan fingerprint density at radius 2 is 2.27 bits per heavy atom. The lowest BCUT2D eigenvalue weighted by molar-refractivity contribution is 0.587. The largest absolute Gasteiger partial charge is 0.221 e. The van der Waals surface area contributed by atoms with E-state index in [-0.39, 0.29) is 4.66 Å². The van der Waals surface area contributed by atoms with E-state index in [1.54, 1.807) is 11.3 Å². The van der Waals surface area contributed by atoms with Crippen LogP contribution in [0.4, 0.5) is 0 Å². The fraction of sp³-hybridized carbons (Fsp3) is 0.556. The van der Waals surface area contributed by atoms with E-state index in [1.807, 2.05) is 0 Å². The Labute approximate surface area is 102 Å². The molecule has 0 unspecified atom stereocenters. The zero-order chi connectivity index (χ0) is 10.9. The van der Waals surface area contributed by atoms with Gasteiger partial charge in [0.2, 0.25) is 10.0 Å². The van der Waals surface area contributed by atoms with Crippen molar-refractivity contribution in [3.8, 4) is 0 Å². The maximum atomic E-state index is 11.2. The van der Waals surface area contributed by atoms with E-state index in [1.165, 1.54) is 16.9 Å². The highest BCUT2D eigenvalue weighted by Crippen LogP contribution is 2.30. The summed E-state index contributed by atoms with van der Waals surface area (Å²) >= 11 is 4.67. The lowest BCUT2D eigenvalue weighted by Gasteiger charge is -2.00. The van der Waals surface area contributed by atoms with Crippen LogP contribution in [-0.4, -0.2) is 13.1 Å². The normalized spacial score (nSPS) is 15.5. The number of sulfonamides is 1. The molecule has 3 nitrogen and oxygen atoms in total. The van der Waals surface area contributed by atoms with Crippen molar-refractivity contribution in [2.24, 2.45) is 0 Å². The van der Waals surface area contributed by atoms with Gasteiger partial charge in [-0.15, -0.1) is 11.3 Å². The van der Waals surface area contributed by atoms with Gasteiger partial charge in [0.25, 0.3) is 0 Å². The van der Waals surface area contributed by atoms with E-state index in [2.05, 4.69) is 26.7 Å². The van der Waals surface area contributed by atoms with E-state index in [4.69, 9.17) is 0 Å². The van der Waals surface area contributed by atoms with Gasteiger partial charge in [-0.1, -0.05) is 15.9 Å². The van der Waals surface area contributed by atoms with Gasteiger partial charge in [0.05, 0.1) is 0 Å². The molecule has 1 heterocycles. The van der Waals surface area contributed by atoms with E-state index in [0.717, 1.165) is 17.7 Å². The summed E-state index contributed by atoms with van der Waals surface area (Å²) in [6.07, 6.45) is 3.55. The molecule has 1 aromatic rings. The van der Waals surface area contributed by atoms with Crippen LogP contribution in [0.15, 0.2) is 6.07 Å². The van der Waals surface area contributed by atoms with E-state index >= 15 is 0 Å². The molecule has 0 bridgehead atoms. The van der Waals surface area contributed by atoms with Gasteiger partial charge >= 0.3 is 0 Å². The van der Waals surface area contributed by atoms with Crippen LogP contribution in [0.1, 0.15) is 21.7 Å². The number of alkyl halides is 1. The summed E-state index contributed by atoms with van der Waals surface area (Å²) in [6.45, 7) is 0.422. The van der Waals surface area contributed by atoms with Crippen molar-refractivity contribution in [1.29, 1.82) is 0 Å². The van der Waals surface area contributed by atoms with Crippen molar-refractivity contribution in [2.75, 3.05) is 4.66 Å². The minimum Gasteiger partial charge on any atom is -0.212 e. The quantitative estimate of drug-likeness (QED) is 0.865. The lowest BCUT2D eigenvalue weighted by Crippen LogP contribution is -2.23. The first kappa shape index (κ1) is 11.6. The van der Waals surface area contributed by atoms with Crippen molar-refractivity contribution < 1.29 is 8.42 Å². The van der Waals surface area contributed by atoms with E-state index in [0.29, 0.717) is 6.54 Å². The zero-order valence-electron chi connectivity index (χ0n) is 8.12. The number of halogens is 1. The molecular formula is C9H12BrNO2S2. The first-order valence-electron chi connectivity index (χ1n) is 4.74. The second-order valence-electron chi connectivity index (χ2n) is 3.56. The first-order valence-corrected chi connectivity index (χ1v) is 8.33. The number of aryl methyl sites for hydroxylation is 2. The maximum absolute atomic E-state index is 11.2. The molecule has 2 rings (SSSR count). The molecule has 6 heteroatoms. The number of thiophene rings is 1. The summed E-state index contributed by atoms with van der Waals surface area (Å²) in [5.74, 6) is 0. The van der Waals surface area contributed by atoms with Crippen LogP contribution in [0.3, 0.4) is 0 Å². The summed E-state index contributed by atoms with van der Waals surface area (Å²) in [6, 6.07) is 2.13. The van der Waals surface area contributed by atoms with Crippen molar-refractivity contribution in [3.05, 3.63) is 21.4 Å². The number of nitrogens with one attached hydrogen (secondary N) is 1.